The Kier molecular flexibility index (Phi) is 5.15. The fourth-order valence-corrected chi connectivity index (χ4v) is 2.98. The first-order chi connectivity index (χ1) is 12.1. The third-order valence-electron chi connectivity index (χ3n) is 4.09. The highest BCUT2D eigenvalue weighted by molar-refractivity contribution is 6.30. The van der Waals surface area contributed by atoms with Gasteiger partial charge in [0.2, 0.25) is 5.91 Å². The number of halogens is 2. The van der Waals surface area contributed by atoms with Crippen molar-refractivity contribution in [3.8, 4) is 0 Å². The van der Waals surface area contributed by atoms with E-state index in [1.54, 1.807) is 12.1 Å². The number of carbonyl (C=O) groups is 2. The molecule has 2 heterocycles. The number of hydrogen-bond donors (Lipinski definition) is 1. The summed E-state index contributed by atoms with van der Waals surface area (Å²) in [7, 11) is 0. The van der Waals surface area contributed by atoms with Crippen LogP contribution in [0.3, 0.4) is 0 Å². The number of hydrogen-bond acceptors (Lipinski definition) is 4. The number of hydrazone groups is 1. The third-order valence-corrected chi connectivity index (χ3v) is 4.34. The zero-order valence-electron chi connectivity index (χ0n) is 13.6. The molecule has 2 aromatic rings. The summed E-state index contributed by atoms with van der Waals surface area (Å²) in [6, 6.07) is 12.8. The number of benzene rings is 2. The molecule has 0 spiro atoms. The van der Waals surface area contributed by atoms with Gasteiger partial charge in [-0.1, -0.05) is 35.9 Å². The van der Waals surface area contributed by atoms with E-state index in [9.17, 15) is 9.59 Å². The van der Waals surface area contributed by atoms with E-state index < -0.39 is 6.09 Å². The number of carbonyl (C=O) groups excluding carboxylic acids is 2. The third kappa shape index (κ3) is 3.66. The van der Waals surface area contributed by atoms with E-state index in [1.165, 1.54) is 5.01 Å². The maximum Gasteiger partial charge on any atom is 0.431 e. The molecule has 2 amide bonds. The van der Waals surface area contributed by atoms with E-state index in [0.29, 0.717) is 17.2 Å². The molecule has 0 atom stereocenters. The Labute approximate surface area is 161 Å². The summed E-state index contributed by atoms with van der Waals surface area (Å²) in [6.45, 7) is 0.400. The second kappa shape index (κ2) is 7.35. The summed E-state index contributed by atoms with van der Waals surface area (Å²) in [5.41, 5.74) is 4.14. The Morgan fingerprint density at radius 1 is 1.15 bits per heavy atom. The average molecular weight is 392 g/mol. The van der Waals surface area contributed by atoms with E-state index in [0.717, 1.165) is 22.4 Å². The fourth-order valence-electron chi connectivity index (χ4n) is 2.86. The zero-order valence-corrected chi connectivity index (χ0v) is 15.1. The molecule has 0 saturated heterocycles. The van der Waals surface area contributed by atoms with Crippen LogP contribution in [-0.4, -0.2) is 29.3 Å². The van der Waals surface area contributed by atoms with E-state index in [4.69, 9.17) is 16.3 Å². The topological polar surface area (TPSA) is 71.0 Å². The molecule has 0 saturated carbocycles. The van der Waals surface area contributed by atoms with Crippen LogP contribution in [0.1, 0.15) is 16.7 Å². The lowest BCUT2D eigenvalue weighted by Crippen LogP contribution is -2.35. The van der Waals surface area contributed by atoms with Crippen LogP contribution in [-0.2, 0) is 22.5 Å². The van der Waals surface area contributed by atoms with Crippen molar-refractivity contribution < 1.29 is 14.3 Å². The highest BCUT2D eigenvalue weighted by Gasteiger charge is 2.24. The van der Waals surface area contributed by atoms with Crippen molar-refractivity contribution >= 4 is 47.4 Å². The number of amides is 2. The van der Waals surface area contributed by atoms with Gasteiger partial charge in [-0.05, 0) is 29.3 Å². The Balaban J connectivity index is 0.00000196. The van der Waals surface area contributed by atoms with Gasteiger partial charge in [-0.15, -0.1) is 12.4 Å². The molecular formula is C18H15Cl2N3O3. The standard InChI is InChI=1S/C18H14ClN3O3.ClH/c19-14-4-2-12(3-5-14)16-10-25-18(24)22(21-16)9-11-1-6-15-13(7-11)8-17(23)20-15;/h1-7H,8-10H2,(H,20,23);1H. The lowest BCUT2D eigenvalue weighted by atomic mass is 10.1. The van der Waals surface area contributed by atoms with Gasteiger partial charge in [0.25, 0.3) is 0 Å². The maximum atomic E-state index is 12.0. The summed E-state index contributed by atoms with van der Waals surface area (Å²) < 4.78 is 5.23. The number of fused-ring (bicyclic) bond motifs is 1. The van der Waals surface area contributed by atoms with Crippen molar-refractivity contribution in [2.45, 2.75) is 13.0 Å². The largest absolute Gasteiger partial charge is 0.442 e. The van der Waals surface area contributed by atoms with Gasteiger partial charge in [0.15, 0.2) is 0 Å². The van der Waals surface area contributed by atoms with Crippen LogP contribution in [0.25, 0.3) is 0 Å². The number of nitrogens with zero attached hydrogens (tertiary/aromatic N) is 2. The number of cyclic esters (lactones) is 1. The molecule has 0 aromatic heterocycles. The molecule has 4 rings (SSSR count). The van der Waals surface area contributed by atoms with Crippen LogP contribution in [0, 0.1) is 0 Å². The minimum absolute atomic E-state index is 0. The van der Waals surface area contributed by atoms with Crippen LogP contribution in [0.4, 0.5) is 10.5 Å². The molecular weight excluding hydrogens is 377 g/mol. The van der Waals surface area contributed by atoms with Crippen molar-refractivity contribution in [2.75, 3.05) is 11.9 Å². The van der Waals surface area contributed by atoms with E-state index in [2.05, 4.69) is 10.4 Å². The lowest BCUT2D eigenvalue weighted by molar-refractivity contribution is -0.115. The van der Waals surface area contributed by atoms with Crippen molar-refractivity contribution in [3.63, 3.8) is 0 Å². The molecule has 1 N–H and O–H groups in total. The molecule has 0 aliphatic carbocycles. The second-order valence-corrected chi connectivity index (χ2v) is 6.32. The molecule has 134 valence electrons. The average Bonchev–Trinajstić information content (AvgIpc) is 2.97. The monoisotopic (exact) mass is 391 g/mol. The molecule has 2 aliphatic heterocycles. The van der Waals surface area contributed by atoms with Gasteiger partial charge >= 0.3 is 6.09 Å². The minimum atomic E-state index is -0.493. The first-order valence-electron chi connectivity index (χ1n) is 7.78. The maximum absolute atomic E-state index is 12.0. The Bertz CT molecular complexity index is 897. The number of nitrogens with one attached hydrogen (secondary N) is 1. The van der Waals surface area contributed by atoms with Crippen LogP contribution >= 0.6 is 24.0 Å². The summed E-state index contributed by atoms with van der Waals surface area (Å²) in [5.74, 6) is -0.0208. The van der Waals surface area contributed by atoms with Gasteiger partial charge in [0.05, 0.1) is 13.0 Å². The van der Waals surface area contributed by atoms with Gasteiger partial charge in [-0.3, -0.25) is 4.79 Å². The van der Waals surface area contributed by atoms with Crippen LogP contribution in [0.15, 0.2) is 47.6 Å². The molecule has 0 radical (unpaired) electrons. The van der Waals surface area contributed by atoms with Gasteiger partial charge in [-0.2, -0.15) is 10.1 Å². The van der Waals surface area contributed by atoms with Gasteiger partial charge in [0.1, 0.15) is 12.3 Å². The number of rotatable bonds is 3. The molecule has 0 fully saturated rings. The highest BCUT2D eigenvalue weighted by atomic mass is 35.5. The second-order valence-electron chi connectivity index (χ2n) is 5.88. The SMILES string of the molecule is Cl.O=C1Cc2cc(CN3N=C(c4ccc(Cl)cc4)COC3=O)ccc2N1. The summed E-state index contributed by atoms with van der Waals surface area (Å²) >= 11 is 5.90. The molecule has 2 aliphatic rings. The molecule has 0 unspecified atom stereocenters. The van der Waals surface area contributed by atoms with Crippen molar-refractivity contribution in [1.82, 2.24) is 5.01 Å². The van der Waals surface area contributed by atoms with Gasteiger partial charge < -0.3 is 10.1 Å². The zero-order chi connectivity index (χ0) is 17.4. The molecule has 2 aromatic carbocycles. The Hall–Kier alpha value is -2.57. The fraction of sp³-hybridized carbons (Fsp3) is 0.167. The van der Waals surface area contributed by atoms with Crippen molar-refractivity contribution in [3.05, 3.63) is 64.2 Å². The predicted octanol–water partition coefficient (Wildman–Crippen LogP) is 3.61. The van der Waals surface area contributed by atoms with Gasteiger partial charge in [-0.25, -0.2) is 4.79 Å². The van der Waals surface area contributed by atoms with Crippen molar-refractivity contribution in [1.29, 1.82) is 0 Å². The minimum Gasteiger partial charge on any atom is -0.442 e. The predicted molar refractivity (Wildman–Crippen MR) is 101 cm³/mol. The first kappa shape index (κ1) is 18.2. The van der Waals surface area contributed by atoms with Crippen LogP contribution in [0.5, 0.6) is 0 Å². The Morgan fingerprint density at radius 2 is 1.92 bits per heavy atom. The smallest absolute Gasteiger partial charge is 0.431 e. The van der Waals surface area contributed by atoms with Crippen molar-refractivity contribution in [2.24, 2.45) is 5.10 Å². The van der Waals surface area contributed by atoms with E-state index in [-0.39, 0.29) is 31.5 Å². The quantitative estimate of drug-likeness (QED) is 0.868. The molecule has 26 heavy (non-hydrogen) atoms. The summed E-state index contributed by atoms with van der Waals surface area (Å²) in [4.78, 5) is 23.5. The Morgan fingerprint density at radius 3 is 2.69 bits per heavy atom. The number of ether oxygens (including phenoxy) is 1. The summed E-state index contributed by atoms with van der Waals surface area (Å²) in [5, 5.41) is 9.13. The normalized spacial score (nSPS) is 15.6. The summed E-state index contributed by atoms with van der Waals surface area (Å²) in [6.07, 6.45) is -0.139. The van der Waals surface area contributed by atoms with E-state index >= 15 is 0 Å². The molecule has 0 bridgehead atoms. The van der Waals surface area contributed by atoms with E-state index in [1.807, 2.05) is 30.3 Å². The molecule has 8 heteroatoms. The highest BCUT2D eigenvalue weighted by Crippen LogP contribution is 2.25. The van der Waals surface area contributed by atoms with Gasteiger partial charge in [0, 0.05) is 16.3 Å². The first-order valence-corrected chi connectivity index (χ1v) is 8.16. The van der Waals surface area contributed by atoms with Crippen LogP contribution < -0.4 is 5.32 Å². The van der Waals surface area contributed by atoms with Crippen LogP contribution in [0.2, 0.25) is 5.02 Å². The lowest BCUT2D eigenvalue weighted by Gasteiger charge is -2.23. The molecule has 6 nitrogen and oxygen atoms in total. The number of anilines is 1.